The summed E-state index contributed by atoms with van der Waals surface area (Å²) in [6, 6.07) is 5.17. The van der Waals surface area contributed by atoms with Crippen molar-refractivity contribution in [2.75, 3.05) is 13.4 Å². The monoisotopic (exact) mass is 360 g/mol. The molecule has 3 rings (SSSR count). The van der Waals surface area contributed by atoms with Crippen LogP contribution in [0.3, 0.4) is 0 Å². The molecule has 1 unspecified atom stereocenters. The summed E-state index contributed by atoms with van der Waals surface area (Å²) >= 11 is 0. The van der Waals surface area contributed by atoms with Crippen molar-refractivity contribution in [2.24, 2.45) is 0 Å². The van der Waals surface area contributed by atoms with Crippen LogP contribution in [-0.4, -0.2) is 30.4 Å². The molecule has 1 aliphatic rings. The van der Waals surface area contributed by atoms with Crippen LogP contribution < -0.4 is 14.8 Å². The van der Waals surface area contributed by atoms with Crippen molar-refractivity contribution < 1.29 is 28.3 Å². The van der Waals surface area contributed by atoms with Crippen LogP contribution in [0, 0.1) is 6.92 Å². The molecule has 1 N–H and O–H groups in total. The van der Waals surface area contributed by atoms with Crippen molar-refractivity contribution >= 4 is 11.9 Å². The highest BCUT2D eigenvalue weighted by molar-refractivity contribution is 5.93. The lowest BCUT2D eigenvalue weighted by Crippen LogP contribution is -2.31. The molecule has 0 spiro atoms. The summed E-state index contributed by atoms with van der Waals surface area (Å²) in [6.45, 7) is 5.12. The van der Waals surface area contributed by atoms with Gasteiger partial charge in [0.25, 0.3) is 5.91 Å². The zero-order valence-electron chi connectivity index (χ0n) is 14.8. The van der Waals surface area contributed by atoms with Gasteiger partial charge in [-0.1, -0.05) is 18.1 Å². The summed E-state index contributed by atoms with van der Waals surface area (Å²) in [4.78, 5) is 24.3. The summed E-state index contributed by atoms with van der Waals surface area (Å²) in [5.41, 5.74) is 1.66. The van der Waals surface area contributed by atoms with Crippen molar-refractivity contribution in [2.45, 2.75) is 33.2 Å². The quantitative estimate of drug-likeness (QED) is 0.789. The van der Waals surface area contributed by atoms with Crippen molar-refractivity contribution in [3.63, 3.8) is 0 Å². The average Bonchev–Trinajstić information content (AvgIpc) is 3.24. The van der Waals surface area contributed by atoms with E-state index in [0.717, 1.165) is 5.56 Å². The van der Waals surface area contributed by atoms with Crippen LogP contribution in [0.1, 0.15) is 47.3 Å². The minimum Gasteiger partial charge on any atom is -0.454 e. The van der Waals surface area contributed by atoms with Gasteiger partial charge in [0.05, 0.1) is 11.7 Å². The minimum absolute atomic E-state index is 0.192. The molecule has 8 heteroatoms. The van der Waals surface area contributed by atoms with E-state index in [1.165, 1.54) is 0 Å². The molecule has 0 fully saturated rings. The van der Waals surface area contributed by atoms with Crippen LogP contribution in [0.15, 0.2) is 22.7 Å². The number of rotatable bonds is 6. The molecule has 26 heavy (non-hydrogen) atoms. The molecule has 8 nitrogen and oxygen atoms in total. The fourth-order valence-electron chi connectivity index (χ4n) is 2.67. The Balaban J connectivity index is 1.55. The number of esters is 1. The van der Waals surface area contributed by atoms with Crippen LogP contribution in [0.4, 0.5) is 0 Å². The third-order valence-electron chi connectivity index (χ3n) is 4.08. The standard InChI is InChI=1S/C18H20N2O6/c1-4-13-17(11(3)26-20-13)18(22)23-8-16(21)19-10(2)12-5-6-14-15(7-12)25-9-24-14/h5-7,10H,4,8-9H2,1-3H3,(H,19,21). The Morgan fingerprint density at radius 2 is 2.08 bits per heavy atom. The number of ether oxygens (including phenoxy) is 3. The average molecular weight is 360 g/mol. The molecule has 2 heterocycles. The second-order valence-corrected chi connectivity index (χ2v) is 5.89. The summed E-state index contributed by atoms with van der Waals surface area (Å²) in [6.07, 6.45) is 0.537. The van der Waals surface area contributed by atoms with Crippen LogP contribution in [-0.2, 0) is 16.0 Å². The van der Waals surface area contributed by atoms with E-state index in [0.29, 0.717) is 29.4 Å². The largest absolute Gasteiger partial charge is 0.454 e. The maximum absolute atomic E-state index is 12.2. The van der Waals surface area contributed by atoms with Gasteiger partial charge in [-0.3, -0.25) is 4.79 Å². The van der Waals surface area contributed by atoms with Gasteiger partial charge in [0.2, 0.25) is 6.79 Å². The molecular formula is C18H20N2O6. The zero-order valence-corrected chi connectivity index (χ0v) is 14.8. The lowest BCUT2D eigenvalue weighted by molar-refractivity contribution is -0.124. The van der Waals surface area contributed by atoms with Crippen molar-refractivity contribution in [3.8, 4) is 11.5 Å². The number of aromatic nitrogens is 1. The molecule has 0 bridgehead atoms. The molecule has 1 aromatic carbocycles. The molecule has 0 saturated carbocycles. The molecule has 1 amide bonds. The SMILES string of the molecule is CCc1noc(C)c1C(=O)OCC(=O)NC(C)c1ccc2c(c1)OCO2. The van der Waals surface area contributed by atoms with Crippen molar-refractivity contribution in [1.82, 2.24) is 10.5 Å². The van der Waals surface area contributed by atoms with E-state index in [4.69, 9.17) is 18.7 Å². The molecule has 2 aromatic rings. The fourth-order valence-corrected chi connectivity index (χ4v) is 2.67. The first-order chi connectivity index (χ1) is 12.5. The Kier molecular flexibility index (Phi) is 5.11. The third kappa shape index (κ3) is 3.63. The van der Waals surface area contributed by atoms with Gasteiger partial charge in [0, 0.05) is 0 Å². The van der Waals surface area contributed by atoms with Gasteiger partial charge < -0.3 is 24.1 Å². The Bertz CT molecular complexity index is 829. The Morgan fingerprint density at radius 1 is 1.31 bits per heavy atom. The number of hydrogen-bond acceptors (Lipinski definition) is 7. The van der Waals surface area contributed by atoms with Gasteiger partial charge in [-0.2, -0.15) is 0 Å². The Labute approximate surface area is 150 Å². The summed E-state index contributed by atoms with van der Waals surface area (Å²) < 4.78 is 20.7. The molecule has 0 radical (unpaired) electrons. The predicted molar refractivity (Wildman–Crippen MR) is 90.0 cm³/mol. The first-order valence-electron chi connectivity index (χ1n) is 8.30. The smallest absolute Gasteiger partial charge is 0.344 e. The topological polar surface area (TPSA) is 99.9 Å². The van der Waals surface area contributed by atoms with E-state index >= 15 is 0 Å². The van der Waals surface area contributed by atoms with Crippen LogP contribution >= 0.6 is 0 Å². The van der Waals surface area contributed by atoms with Crippen molar-refractivity contribution in [1.29, 1.82) is 0 Å². The van der Waals surface area contributed by atoms with E-state index < -0.39 is 11.9 Å². The first kappa shape index (κ1) is 17.8. The number of aryl methyl sites for hydroxylation is 2. The number of hydrogen-bond donors (Lipinski definition) is 1. The van der Waals surface area contributed by atoms with Crippen LogP contribution in [0.25, 0.3) is 0 Å². The van der Waals surface area contributed by atoms with Crippen LogP contribution in [0.2, 0.25) is 0 Å². The number of amides is 1. The molecule has 1 atom stereocenters. The maximum atomic E-state index is 12.2. The lowest BCUT2D eigenvalue weighted by Gasteiger charge is -2.15. The van der Waals surface area contributed by atoms with E-state index in [-0.39, 0.29) is 25.0 Å². The fraction of sp³-hybridized carbons (Fsp3) is 0.389. The van der Waals surface area contributed by atoms with Gasteiger partial charge in [-0.15, -0.1) is 0 Å². The maximum Gasteiger partial charge on any atom is 0.344 e. The lowest BCUT2D eigenvalue weighted by atomic mass is 10.1. The number of nitrogens with one attached hydrogen (secondary N) is 1. The highest BCUT2D eigenvalue weighted by Gasteiger charge is 2.22. The number of carbonyl (C=O) groups is 2. The zero-order chi connectivity index (χ0) is 18.7. The van der Waals surface area contributed by atoms with Gasteiger partial charge in [0.15, 0.2) is 18.1 Å². The number of fused-ring (bicyclic) bond motifs is 1. The van der Waals surface area contributed by atoms with E-state index in [2.05, 4.69) is 10.5 Å². The number of nitrogens with zero attached hydrogens (tertiary/aromatic N) is 1. The van der Waals surface area contributed by atoms with E-state index in [9.17, 15) is 9.59 Å². The second-order valence-electron chi connectivity index (χ2n) is 5.89. The molecule has 1 aromatic heterocycles. The summed E-state index contributed by atoms with van der Waals surface area (Å²) in [5.74, 6) is 0.672. The predicted octanol–water partition coefficient (Wildman–Crippen LogP) is 2.31. The third-order valence-corrected chi connectivity index (χ3v) is 4.08. The van der Waals surface area contributed by atoms with Gasteiger partial charge in [-0.05, 0) is 38.0 Å². The minimum atomic E-state index is -0.619. The second kappa shape index (κ2) is 7.47. The van der Waals surface area contributed by atoms with E-state index in [1.54, 1.807) is 13.0 Å². The van der Waals surface area contributed by atoms with Gasteiger partial charge in [0.1, 0.15) is 11.3 Å². The van der Waals surface area contributed by atoms with Crippen molar-refractivity contribution in [3.05, 3.63) is 40.8 Å². The Morgan fingerprint density at radius 3 is 2.85 bits per heavy atom. The molecule has 1 aliphatic heterocycles. The van der Waals surface area contributed by atoms with Gasteiger partial charge in [-0.25, -0.2) is 4.79 Å². The highest BCUT2D eigenvalue weighted by Crippen LogP contribution is 2.34. The molecular weight excluding hydrogens is 340 g/mol. The highest BCUT2D eigenvalue weighted by atomic mass is 16.7. The van der Waals surface area contributed by atoms with E-state index in [1.807, 2.05) is 26.0 Å². The number of carbonyl (C=O) groups excluding carboxylic acids is 2. The normalized spacial score (nSPS) is 13.3. The van der Waals surface area contributed by atoms with Gasteiger partial charge >= 0.3 is 5.97 Å². The Hall–Kier alpha value is -3.03. The molecule has 138 valence electrons. The number of benzene rings is 1. The summed E-state index contributed by atoms with van der Waals surface area (Å²) in [7, 11) is 0. The molecule has 0 saturated heterocycles. The first-order valence-corrected chi connectivity index (χ1v) is 8.30. The molecule has 0 aliphatic carbocycles. The van der Waals surface area contributed by atoms with Crippen LogP contribution in [0.5, 0.6) is 11.5 Å². The summed E-state index contributed by atoms with van der Waals surface area (Å²) in [5, 5.41) is 6.58.